The number of urea groups is 1. The molecule has 0 spiro atoms. The molecule has 0 atom stereocenters. The van der Waals surface area contributed by atoms with E-state index in [0.29, 0.717) is 5.39 Å². The molecule has 0 aliphatic heterocycles. The van der Waals surface area contributed by atoms with E-state index in [1.807, 2.05) is 17.7 Å². The van der Waals surface area contributed by atoms with E-state index in [2.05, 4.69) is 10.6 Å². The Labute approximate surface area is 203 Å². The van der Waals surface area contributed by atoms with E-state index in [-0.39, 0.29) is 19.9 Å². The van der Waals surface area contributed by atoms with Gasteiger partial charge in [0.05, 0.1) is 10.0 Å². The molecule has 0 saturated heterocycles. The number of hydrogen-bond acceptors (Lipinski definition) is 6. The van der Waals surface area contributed by atoms with E-state index in [4.69, 9.17) is 11.6 Å². The summed E-state index contributed by atoms with van der Waals surface area (Å²) in [5, 5.41) is 6.46. The molecule has 2 aromatic carbocycles. The number of benzene rings is 2. The van der Waals surface area contributed by atoms with Gasteiger partial charge in [0, 0.05) is 30.0 Å². The summed E-state index contributed by atoms with van der Waals surface area (Å²) in [5.41, 5.74) is 1.20. The number of carbonyl (C=O) groups excluding carboxylic acids is 1. The fourth-order valence-corrected chi connectivity index (χ4v) is 5.78. The predicted octanol–water partition coefficient (Wildman–Crippen LogP) is 4.71. The molecule has 4 rings (SSSR count). The van der Waals surface area contributed by atoms with Gasteiger partial charge in [-0.25, -0.2) is 22.3 Å². The molecule has 8 nitrogen and oxygen atoms in total. The molecule has 0 saturated carbocycles. The van der Waals surface area contributed by atoms with E-state index in [1.54, 1.807) is 25.4 Å². The number of amides is 2. The highest BCUT2D eigenvalue weighted by Crippen LogP contribution is 2.26. The fraction of sp³-hybridized carbons (Fsp3) is 0.0909. The number of sulfonamides is 1. The number of hydrogen-bond donors (Lipinski definition) is 3. The highest BCUT2D eigenvalue weighted by Gasteiger charge is 2.20. The van der Waals surface area contributed by atoms with Crippen LogP contribution < -0.4 is 20.9 Å². The normalized spacial score (nSPS) is 11.4. The summed E-state index contributed by atoms with van der Waals surface area (Å²) in [5.74, 6) is -0.779. The monoisotopic (exact) mass is 520 g/mol. The molecule has 3 N–H and O–H groups in total. The lowest BCUT2D eigenvalue weighted by Crippen LogP contribution is -2.34. The second-order valence-corrected chi connectivity index (χ2v) is 10.9. The van der Waals surface area contributed by atoms with Gasteiger partial charge < -0.3 is 10.6 Å². The molecule has 12 heteroatoms. The minimum absolute atomic E-state index is 0.00221. The summed E-state index contributed by atoms with van der Waals surface area (Å²) in [6.45, 7) is 1.82. The number of halogens is 2. The van der Waals surface area contributed by atoms with Crippen molar-refractivity contribution in [3.8, 4) is 5.69 Å². The zero-order chi connectivity index (χ0) is 24.6. The van der Waals surface area contributed by atoms with Gasteiger partial charge in [-0.3, -0.25) is 9.36 Å². The molecule has 34 heavy (non-hydrogen) atoms. The largest absolute Gasteiger partial charge is 0.388 e. The number of nitrogens with zero attached hydrogens (tertiary/aromatic N) is 1. The first-order chi connectivity index (χ1) is 16.1. The van der Waals surface area contributed by atoms with Crippen molar-refractivity contribution in [2.45, 2.75) is 11.1 Å². The van der Waals surface area contributed by atoms with Crippen molar-refractivity contribution in [1.29, 1.82) is 0 Å². The highest BCUT2D eigenvalue weighted by molar-refractivity contribution is 7.92. The van der Waals surface area contributed by atoms with Crippen LogP contribution in [0.2, 0.25) is 4.34 Å². The van der Waals surface area contributed by atoms with E-state index < -0.39 is 27.4 Å². The minimum Gasteiger partial charge on any atom is -0.388 e. The third-order valence-electron chi connectivity index (χ3n) is 5.01. The summed E-state index contributed by atoms with van der Waals surface area (Å²) in [6.07, 6.45) is 1.54. The van der Waals surface area contributed by atoms with Crippen LogP contribution >= 0.6 is 22.9 Å². The number of aryl methyl sites for hydroxylation is 1. The van der Waals surface area contributed by atoms with Crippen LogP contribution in [0.4, 0.5) is 20.6 Å². The fourth-order valence-electron chi connectivity index (χ4n) is 3.39. The first-order valence-corrected chi connectivity index (χ1v) is 12.5. The molecule has 2 amide bonds. The SMILES string of the molecule is CNc1ccc2c(=O)n(-c3ccc(NC(=O)NS(=O)(=O)c4ccc(Cl)s4)cc3F)cc(C)c2c1. The lowest BCUT2D eigenvalue weighted by molar-refractivity contribution is 0.256. The first-order valence-electron chi connectivity index (χ1n) is 9.82. The van der Waals surface area contributed by atoms with Crippen molar-refractivity contribution in [1.82, 2.24) is 9.29 Å². The van der Waals surface area contributed by atoms with Crippen LogP contribution in [-0.2, 0) is 10.0 Å². The number of thiophene rings is 1. The van der Waals surface area contributed by atoms with Crippen molar-refractivity contribution in [3.63, 3.8) is 0 Å². The topological polar surface area (TPSA) is 109 Å². The molecular formula is C22H18ClFN4O4S2. The third kappa shape index (κ3) is 4.63. The lowest BCUT2D eigenvalue weighted by atomic mass is 10.1. The van der Waals surface area contributed by atoms with Crippen LogP contribution in [0.25, 0.3) is 16.5 Å². The molecule has 4 aromatic rings. The molecular weight excluding hydrogens is 503 g/mol. The minimum atomic E-state index is -4.13. The summed E-state index contributed by atoms with van der Waals surface area (Å²) in [6, 6.07) is 10.5. The number of carbonyl (C=O) groups is 1. The molecule has 0 aliphatic carbocycles. The second kappa shape index (κ2) is 9.09. The quantitative estimate of drug-likeness (QED) is 0.353. The van der Waals surface area contributed by atoms with Crippen LogP contribution in [-0.4, -0.2) is 26.1 Å². The Bertz CT molecular complexity index is 1600. The lowest BCUT2D eigenvalue weighted by Gasteiger charge is -2.13. The van der Waals surface area contributed by atoms with Gasteiger partial charge in [-0.1, -0.05) is 11.6 Å². The second-order valence-electron chi connectivity index (χ2n) is 7.28. The van der Waals surface area contributed by atoms with Gasteiger partial charge in [0.2, 0.25) is 0 Å². The van der Waals surface area contributed by atoms with E-state index in [9.17, 15) is 22.4 Å². The van der Waals surface area contributed by atoms with Gasteiger partial charge in [-0.15, -0.1) is 11.3 Å². The Hall–Kier alpha value is -3.41. The van der Waals surface area contributed by atoms with Gasteiger partial charge >= 0.3 is 6.03 Å². The molecule has 0 radical (unpaired) electrons. The maximum Gasteiger partial charge on any atom is 0.333 e. The summed E-state index contributed by atoms with van der Waals surface area (Å²) in [7, 11) is -2.35. The average molecular weight is 521 g/mol. The number of fused-ring (bicyclic) bond motifs is 1. The summed E-state index contributed by atoms with van der Waals surface area (Å²) in [4.78, 5) is 25.2. The van der Waals surface area contributed by atoms with Gasteiger partial charge in [0.25, 0.3) is 15.6 Å². The Kier molecular flexibility index (Phi) is 6.34. The standard InChI is InChI=1S/C22H18ClFN4O4S2/c1-12-11-28(21(29)15-5-3-13(25-2)9-16(12)15)18-6-4-14(10-17(18)24)26-22(30)27-34(31,32)20-8-7-19(23)33-20/h3-11,25H,1-2H3,(H2,26,27,30). The Balaban J connectivity index is 1.60. The van der Waals surface area contributed by atoms with Crippen LogP contribution in [0, 0.1) is 12.7 Å². The van der Waals surface area contributed by atoms with Gasteiger partial charge in [0.15, 0.2) is 0 Å². The van der Waals surface area contributed by atoms with Crippen molar-refractivity contribution >= 4 is 61.1 Å². The van der Waals surface area contributed by atoms with Crippen molar-refractivity contribution < 1.29 is 17.6 Å². The summed E-state index contributed by atoms with van der Waals surface area (Å²) < 4.78 is 42.6. The van der Waals surface area contributed by atoms with E-state index in [0.717, 1.165) is 34.0 Å². The Morgan fingerprint density at radius 2 is 1.79 bits per heavy atom. The molecule has 0 bridgehead atoms. The van der Waals surface area contributed by atoms with Crippen molar-refractivity contribution in [2.24, 2.45) is 0 Å². The van der Waals surface area contributed by atoms with E-state index in [1.165, 1.54) is 28.8 Å². The molecule has 176 valence electrons. The third-order valence-corrected chi connectivity index (χ3v) is 8.06. The Morgan fingerprint density at radius 3 is 2.44 bits per heavy atom. The maximum atomic E-state index is 14.9. The molecule has 0 aliphatic rings. The van der Waals surface area contributed by atoms with Gasteiger partial charge in [-0.2, -0.15) is 0 Å². The molecule has 2 aromatic heterocycles. The smallest absolute Gasteiger partial charge is 0.333 e. The predicted molar refractivity (Wildman–Crippen MR) is 132 cm³/mol. The van der Waals surface area contributed by atoms with Crippen LogP contribution in [0.1, 0.15) is 5.56 Å². The number of anilines is 2. The zero-order valence-electron chi connectivity index (χ0n) is 17.8. The van der Waals surface area contributed by atoms with Gasteiger partial charge in [0.1, 0.15) is 10.0 Å². The van der Waals surface area contributed by atoms with Crippen molar-refractivity contribution in [2.75, 3.05) is 17.7 Å². The molecule has 2 heterocycles. The van der Waals surface area contributed by atoms with Crippen LogP contribution in [0.15, 0.2) is 63.7 Å². The number of pyridine rings is 1. The zero-order valence-corrected chi connectivity index (χ0v) is 20.2. The van der Waals surface area contributed by atoms with Gasteiger partial charge in [-0.05, 0) is 66.4 Å². The number of rotatable bonds is 5. The molecule has 0 unspecified atom stereocenters. The van der Waals surface area contributed by atoms with Crippen molar-refractivity contribution in [3.05, 3.63) is 80.8 Å². The molecule has 0 fully saturated rings. The first kappa shape index (κ1) is 23.7. The summed E-state index contributed by atoms with van der Waals surface area (Å²) >= 11 is 6.53. The maximum absolute atomic E-state index is 14.9. The van der Waals surface area contributed by atoms with Crippen LogP contribution in [0.3, 0.4) is 0 Å². The Morgan fingerprint density at radius 1 is 1.06 bits per heavy atom. The average Bonchev–Trinajstić information content (AvgIpc) is 3.23. The number of nitrogens with one attached hydrogen (secondary N) is 3. The number of aromatic nitrogens is 1. The van der Waals surface area contributed by atoms with Crippen LogP contribution in [0.5, 0.6) is 0 Å². The highest BCUT2D eigenvalue weighted by atomic mass is 35.5. The van der Waals surface area contributed by atoms with E-state index >= 15 is 0 Å².